The Bertz CT molecular complexity index is 1640. The molecule has 3 aromatic heterocycles. The maximum atomic E-state index is 14.4. The number of amides is 1. The predicted octanol–water partition coefficient (Wildman–Crippen LogP) is 4.17. The molecular weight excluding hydrogens is 539 g/mol. The molecule has 14 heteroatoms. The Morgan fingerprint density at radius 1 is 1.33 bits per heavy atom. The third-order valence-electron chi connectivity index (χ3n) is 5.72. The number of hydrogen-bond acceptors (Lipinski definition) is 7. The van der Waals surface area contributed by atoms with Gasteiger partial charge in [0.05, 0.1) is 17.3 Å². The zero-order valence-electron chi connectivity index (χ0n) is 20.6. The molecule has 202 valence electrons. The number of aromatic nitrogens is 4. The number of rotatable bonds is 7. The van der Waals surface area contributed by atoms with Crippen molar-refractivity contribution < 1.29 is 22.7 Å². The van der Waals surface area contributed by atoms with Gasteiger partial charge in [0.2, 0.25) is 5.75 Å². The van der Waals surface area contributed by atoms with E-state index in [0.29, 0.717) is 18.5 Å². The van der Waals surface area contributed by atoms with Crippen molar-refractivity contribution in [1.82, 2.24) is 30.0 Å². The molecule has 0 saturated heterocycles. The third kappa shape index (κ3) is 5.87. The maximum absolute atomic E-state index is 14.4. The second-order valence-electron chi connectivity index (χ2n) is 8.45. The lowest BCUT2D eigenvalue weighted by atomic mass is 10.0. The van der Waals surface area contributed by atoms with E-state index >= 15 is 0 Å². The summed E-state index contributed by atoms with van der Waals surface area (Å²) in [6, 6.07) is 8.12. The molecule has 4 rings (SSSR count). The lowest BCUT2D eigenvalue weighted by Crippen LogP contribution is -2.36. The molecule has 0 saturated carbocycles. The molecule has 4 aromatic rings. The number of halogens is 4. The molecule has 0 aliphatic heterocycles. The molecule has 0 atom stereocenters. The van der Waals surface area contributed by atoms with Crippen molar-refractivity contribution in [3.05, 3.63) is 80.5 Å². The number of carbonyl (C=O) groups excluding carboxylic acids is 1. The summed E-state index contributed by atoms with van der Waals surface area (Å²) in [6.45, 7) is 0.869. The molecule has 39 heavy (non-hydrogen) atoms. The van der Waals surface area contributed by atoms with Gasteiger partial charge >= 0.3 is 12.2 Å². The fourth-order valence-corrected chi connectivity index (χ4v) is 4.12. The monoisotopic (exact) mass is 559 g/mol. The fraction of sp³-hybridized carbons (Fsp3) is 0.240. The number of likely N-dealkylation sites (N-methyl/N-ethyl adjacent to an activating group) is 2. The fourth-order valence-electron chi connectivity index (χ4n) is 3.90. The molecule has 10 nitrogen and oxygen atoms in total. The summed E-state index contributed by atoms with van der Waals surface area (Å²) in [6.07, 6.45) is -3.05. The Kier molecular flexibility index (Phi) is 7.89. The number of aromatic amines is 1. The Morgan fingerprint density at radius 2 is 2.10 bits per heavy atom. The second-order valence-corrected chi connectivity index (χ2v) is 8.89. The van der Waals surface area contributed by atoms with E-state index in [4.69, 9.17) is 21.6 Å². The van der Waals surface area contributed by atoms with Crippen LogP contribution in [0.25, 0.3) is 11.0 Å². The van der Waals surface area contributed by atoms with Crippen LogP contribution in [0.1, 0.15) is 22.4 Å². The van der Waals surface area contributed by atoms with Gasteiger partial charge in [-0.3, -0.25) is 4.79 Å². The number of benzene rings is 1. The zero-order chi connectivity index (χ0) is 28.3. The van der Waals surface area contributed by atoms with E-state index in [1.165, 1.54) is 23.2 Å². The molecule has 0 bridgehead atoms. The van der Waals surface area contributed by atoms with Crippen LogP contribution in [0.4, 0.5) is 18.0 Å². The van der Waals surface area contributed by atoms with Crippen LogP contribution in [0, 0.1) is 11.3 Å². The lowest BCUT2D eigenvalue weighted by molar-refractivity contribution is -0.139. The highest BCUT2D eigenvalue weighted by molar-refractivity contribution is 6.30. The molecule has 0 fully saturated rings. The molecular formula is C25H21ClF3N7O3. The summed E-state index contributed by atoms with van der Waals surface area (Å²) >= 11 is 5.95. The molecule has 0 radical (unpaired) electrons. The van der Waals surface area contributed by atoms with E-state index in [1.807, 2.05) is 6.07 Å². The minimum absolute atomic E-state index is 0.0347. The van der Waals surface area contributed by atoms with Gasteiger partial charge in [-0.2, -0.15) is 28.2 Å². The van der Waals surface area contributed by atoms with Gasteiger partial charge < -0.3 is 19.9 Å². The largest absolute Gasteiger partial charge is 0.451 e. The highest BCUT2D eigenvalue weighted by atomic mass is 35.5. The standard InChI is InChI=1S/C25H21ClF3N7O3/c1-31-6-7-35(2)24(38)36-22-18(4-3-5-32-22)19(34-36)10-15-13-33-23(37)21(20(15)25(27,28)29)39-17-9-14(12-30)8-16(26)11-17/h3-5,8-9,11,13,31H,6-7,10H2,1-2H3,(H,33,37). The highest BCUT2D eigenvalue weighted by Crippen LogP contribution is 2.40. The minimum Gasteiger partial charge on any atom is -0.451 e. The number of carbonyl (C=O) groups is 1. The van der Waals surface area contributed by atoms with Crippen LogP contribution >= 0.6 is 11.6 Å². The van der Waals surface area contributed by atoms with Crippen molar-refractivity contribution in [2.45, 2.75) is 12.6 Å². The quantitative estimate of drug-likeness (QED) is 0.348. The predicted molar refractivity (Wildman–Crippen MR) is 136 cm³/mol. The van der Waals surface area contributed by atoms with Crippen LogP contribution < -0.4 is 15.6 Å². The third-order valence-corrected chi connectivity index (χ3v) is 5.94. The zero-order valence-corrected chi connectivity index (χ0v) is 21.4. The first-order valence-corrected chi connectivity index (χ1v) is 11.8. The van der Waals surface area contributed by atoms with Gasteiger partial charge in [-0.1, -0.05) is 11.6 Å². The summed E-state index contributed by atoms with van der Waals surface area (Å²) in [5.41, 5.74) is -2.48. The van der Waals surface area contributed by atoms with Gasteiger partial charge in [0.25, 0.3) is 5.56 Å². The normalized spacial score (nSPS) is 11.4. The highest BCUT2D eigenvalue weighted by Gasteiger charge is 2.39. The molecule has 0 aliphatic carbocycles. The first-order valence-electron chi connectivity index (χ1n) is 11.5. The van der Waals surface area contributed by atoms with Gasteiger partial charge in [-0.25, -0.2) is 9.78 Å². The number of hydrogen-bond donors (Lipinski definition) is 2. The van der Waals surface area contributed by atoms with E-state index in [2.05, 4.69) is 20.4 Å². The number of pyridine rings is 2. The number of ether oxygens (including phenoxy) is 1. The van der Waals surface area contributed by atoms with Crippen LogP contribution in [0.3, 0.4) is 0 Å². The Morgan fingerprint density at radius 3 is 2.79 bits per heavy atom. The van der Waals surface area contributed by atoms with Crippen LogP contribution in [-0.2, 0) is 12.6 Å². The van der Waals surface area contributed by atoms with Gasteiger partial charge in [0.15, 0.2) is 5.65 Å². The summed E-state index contributed by atoms with van der Waals surface area (Å²) in [4.78, 5) is 33.4. The smallest absolute Gasteiger partial charge is 0.420 e. The molecule has 0 unspecified atom stereocenters. The molecule has 2 N–H and O–H groups in total. The summed E-state index contributed by atoms with van der Waals surface area (Å²) in [5, 5.41) is 16.8. The minimum atomic E-state index is -5.00. The molecule has 3 heterocycles. The van der Waals surface area contributed by atoms with Crippen molar-refractivity contribution in [3.63, 3.8) is 0 Å². The van der Waals surface area contributed by atoms with Crippen molar-refractivity contribution >= 4 is 28.7 Å². The van der Waals surface area contributed by atoms with Crippen molar-refractivity contribution in [1.29, 1.82) is 5.26 Å². The summed E-state index contributed by atoms with van der Waals surface area (Å²) in [5.74, 6) is -1.24. The molecule has 0 spiro atoms. The number of nitrogens with zero attached hydrogens (tertiary/aromatic N) is 5. The summed E-state index contributed by atoms with van der Waals surface area (Å²) in [7, 11) is 3.30. The Hall–Kier alpha value is -4.41. The van der Waals surface area contributed by atoms with E-state index in [1.54, 1.807) is 26.2 Å². The first kappa shape index (κ1) is 27.6. The SMILES string of the molecule is CNCCN(C)C(=O)n1nc(Cc2c[nH]c(=O)c(Oc3cc(Cl)cc(C#N)c3)c2C(F)(F)F)c2cccnc21. The van der Waals surface area contributed by atoms with E-state index in [-0.39, 0.29) is 33.2 Å². The molecule has 1 amide bonds. The molecule has 0 aliphatic rings. The summed E-state index contributed by atoms with van der Waals surface area (Å²) < 4.78 is 49.5. The van der Waals surface area contributed by atoms with Crippen LogP contribution in [0.2, 0.25) is 5.02 Å². The van der Waals surface area contributed by atoms with Gasteiger partial charge in [0.1, 0.15) is 11.3 Å². The lowest BCUT2D eigenvalue weighted by Gasteiger charge is -2.17. The first-order chi connectivity index (χ1) is 18.5. The average Bonchev–Trinajstić information content (AvgIpc) is 3.25. The van der Waals surface area contributed by atoms with Crippen molar-refractivity contribution in [2.24, 2.45) is 0 Å². The molecule has 1 aromatic carbocycles. The van der Waals surface area contributed by atoms with E-state index in [9.17, 15) is 22.8 Å². The number of nitrogens with one attached hydrogen (secondary N) is 2. The maximum Gasteiger partial charge on any atom is 0.420 e. The second kappa shape index (κ2) is 11.1. The topological polar surface area (TPSA) is 129 Å². The van der Waals surface area contributed by atoms with Crippen LogP contribution in [0.15, 0.2) is 47.5 Å². The van der Waals surface area contributed by atoms with Crippen LogP contribution in [0.5, 0.6) is 11.5 Å². The average molecular weight is 560 g/mol. The number of nitriles is 1. The van der Waals surface area contributed by atoms with Crippen molar-refractivity contribution in [3.8, 4) is 17.6 Å². The Labute approximate surface area is 224 Å². The number of H-pyrrole nitrogens is 1. The Balaban J connectivity index is 1.81. The van der Waals surface area contributed by atoms with Crippen LogP contribution in [-0.4, -0.2) is 57.9 Å². The number of alkyl halides is 3. The van der Waals surface area contributed by atoms with E-state index < -0.39 is 35.5 Å². The van der Waals surface area contributed by atoms with Gasteiger partial charge in [-0.05, 0) is 42.9 Å². The van der Waals surface area contributed by atoms with Gasteiger partial charge in [-0.15, -0.1) is 0 Å². The number of fused-ring (bicyclic) bond motifs is 1. The van der Waals surface area contributed by atoms with Gasteiger partial charge in [0, 0.05) is 49.4 Å². The van der Waals surface area contributed by atoms with E-state index in [0.717, 1.165) is 16.9 Å². The van der Waals surface area contributed by atoms with Crippen molar-refractivity contribution in [2.75, 3.05) is 27.2 Å².